The number of benzene rings is 2. The van der Waals surface area contributed by atoms with Gasteiger partial charge in [0.2, 0.25) is 0 Å². The molecular weight excluding hydrogens is 254 g/mol. The largest absolute Gasteiger partial charge is 0.310 e. The van der Waals surface area contributed by atoms with E-state index in [9.17, 15) is 0 Å². The lowest BCUT2D eigenvalue weighted by Gasteiger charge is -2.25. The van der Waals surface area contributed by atoms with Crippen LogP contribution in [0, 0.1) is 5.92 Å². The van der Waals surface area contributed by atoms with Gasteiger partial charge in [0.25, 0.3) is 0 Å². The fraction of sp³-hybridized carbons (Fsp3) is 0.500. The maximum Gasteiger partial charge on any atom is 0.0329 e. The molecule has 0 saturated heterocycles. The van der Waals surface area contributed by atoms with Gasteiger partial charge in [0, 0.05) is 6.04 Å². The Morgan fingerprint density at radius 3 is 2.33 bits per heavy atom. The molecule has 0 amide bonds. The standard InChI is InChI=1S/C20H29N/c1-4-14-21-20(15-16(5-2)6-3)19-13-9-11-17-10-7-8-12-18(17)19/h7-13,16,20-21H,4-6,14-15H2,1-3H3. The van der Waals surface area contributed by atoms with Crippen LogP contribution in [0.25, 0.3) is 10.8 Å². The summed E-state index contributed by atoms with van der Waals surface area (Å²) in [5.41, 5.74) is 1.47. The Bertz CT molecular complexity index is 537. The molecule has 0 spiro atoms. The van der Waals surface area contributed by atoms with Crippen molar-refractivity contribution in [2.45, 2.75) is 52.5 Å². The van der Waals surface area contributed by atoms with E-state index in [0.29, 0.717) is 6.04 Å². The Balaban J connectivity index is 2.33. The van der Waals surface area contributed by atoms with Crippen molar-refractivity contribution in [3.05, 3.63) is 48.0 Å². The maximum absolute atomic E-state index is 3.78. The van der Waals surface area contributed by atoms with Crippen molar-refractivity contribution in [3.8, 4) is 0 Å². The normalized spacial score (nSPS) is 13.0. The number of hydrogen-bond acceptors (Lipinski definition) is 1. The van der Waals surface area contributed by atoms with Crippen LogP contribution in [-0.4, -0.2) is 6.54 Å². The summed E-state index contributed by atoms with van der Waals surface area (Å²) in [6.07, 6.45) is 4.96. The van der Waals surface area contributed by atoms with E-state index in [1.807, 2.05) is 0 Å². The average Bonchev–Trinajstić information content (AvgIpc) is 2.55. The smallest absolute Gasteiger partial charge is 0.0329 e. The molecule has 0 aliphatic rings. The van der Waals surface area contributed by atoms with Gasteiger partial charge in [-0.15, -0.1) is 0 Å². The van der Waals surface area contributed by atoms with Crippen LogP contribution in [0.5, 0.6) is 0 Å². The predicted molar refractivity (Wildman–Crippen MR) is 93.7 cm³/mol. The molecule has 21 heavy (non-hydrogen) atoms. The van der Waals surface area contributed by atoms with Crippen molar-refractivity contribution >= 4 is 10.8 Å². The third kappa shape index (κ3) is 4.07. The van der Waals surface area contributed by atoms with E-state index in [1.165, 1.54) is 42.0 Å². The molecule has 1 unspecified atom stereocenters. The quantitative estimate of drug-likeness (QED) is 0.654. The molecule has 0 aliphatic carbocycles. The van der Waals surface area contributed by atoms with E-state index < -0.39 is 0 Å². The molecule has 0 aromatic heterocycles. The lowest BCUT2D eigenvalue weighted by atomic mass is 9.89. The minimum atomic E-state index is 0.473. The number of fused-ring (bicyclic) bond motifs is 1. The van der Waals surface area contributed by atoms with Crippen molar-refractivity contribution in [2.24, 2.45) is 5.92 Å². The van der Waals surface area contributed by atoms with Crippen molar-refractivity contribution in [1.29, 1.82) is 0 Å². The van der Waals surface area contributed by atoms with Crippen LogP contribution >= 0.6 is 0 Å². The van der Waals surface area contributed by atoms with Crippen LogP contribution in [0.1, 0.15) is 58.1 Å². The van der Waals surface area contributed by atoms with Crippen LogP contribution < -0.4 is 5.32 Å². The Labute approximate surface area is 129 Å². The monoisotopic (exact) mass is 283 g/mol. The second-order valence-electron chi connectivity index (χ2n) is 5.99. The van der Waals surface area contributed by atoms with Crippen LogP contribution in [0.3, 0.4) is 0 Å². The highest BCUT2D eigenvalue weighted by Crippen LogP contribution is 2.30. The van der Waals surface area contributed by atoms with E-state index in [1.54, 1.807) is 0 Å². The first-order valence-corrected chi connectivity index (χ1v) is 8.51. The van der Waals surface area contributed by atoms with Gasteiger partial charge in [0.05, 0.1) is 0 Å². The van der Waals surface area contributed by atoms with Crippen molar-refractivity contribution < 1.29 is 0 Å². The van der Waals surface area contributed by atoms with Gasteiger partial charge < -0.3 is 5.32 Å². The summed E-state index contributed by atoms with van der Waals surface area (Å²) in [6, 6.07) is 15.9. The molecule has 0 radical (unpaired) electrons. The molecular formula is C20H29N. The highest BCUT2D eigenvalue weighted by molar-refractivity contribution is 5.86. The van der Waals surface area contributed by atoms with E-state index in [0.717, 1.165) is 12.5 Å². The molecule has 2 aromatic rings. The van der Waals surface area contributed by atoms with E-state index in [4.69, 9.17) is 0 Å². The molecule has 1 N–H and O–H groups in total. The number of hydrogen-bond donors (Lipinski definition) is 1. The topological polar surface area (TPSA) is 12.0 Å². The summed E-state index contributed by atoms with van der Waals surface area (Å²) in [5, 5.41) is 6.53. The first-order chi connectivity index (χ1) is 10.3. The average molecular weight is 283 g/mol. The van der Waals surface area contributed by atoms with Gasteiger partial charge in [-0.2, -0.15) is 0 Å². The zero-order valence-corrected chi connectivity index (χ0v) is 13.7. The highest BCUT2D eigenvalue weighted by atomic mass is 14.9. The molecule has 0 saturated carbocycles. The zero-order chi connectivity index (χ0) is 15.1. The summed E-state index contributed by atoms with van der Waals surface area (Å²) in [7, 11) is 0. The number of nitrogens with one attached hydrogen (secondary N) is 1. The molecule has 0 aliphatic heterocycles. The molecule has 1 nitrogen and oxygen atoms in total. The first-order valence-electron chi connectivity index (χ1n) is 8.51. The van der Waals surface area contributed by atoms with E-state index in [-0.39, 0.29) is 0 Å². The van der Waals surface area contributed by atoms with Gasteiger partial charge in [-0.05, 0) is 41.6 Å². The van der Waals surface area contributed by atoms with Crippen LogP contribution in [0.4, 0.5) is 0 Å². The van der Waals surface area contributed by atoms with Crippen LogP contribution in [0.2, 0.25) is 0 Å². The minimum Gasteiger partial charge on any atom is -0.310 e. The summed E-state index contributed by atoms with van der Waals surface area (Å²) in [5.74, 6) is 0.804. The second-order valence-corrected chi connectivity index (χ2v) is 5.99. The van der Waals surface area contributed by atoms with Gasteiger partial charge in [0.15, 0.2) is 0 Å². The number of rotatable bonds is 8. The fourth-order valence-electron chi connectivity index (χ4n) is 3.15. The lowest BCUT2D eigenvalue weighted by Crippen LogP contribution is -2.24. The molecule has 2 rings (SSSR count). The van der Waals surface area contributed by atoms with Gasteiger partial charge in [-0.1, -0.05) is 76.1 Å². The van der Waals surface area contributed by atoms with E-state index in [2.05, 4.69) is 68.6 Å². The summed E-state index contributed by atoms with van der Waals surface area (Å²) in [6.45, 7) is 7.96. The van der Waals surface area contributed by atoms with Gasteiger partial charge in [0.1, 0.15) is 0 Å². The zero-order valence-electron chi connectivity index (χ0n) is 13.7. The van der Waals surface area contributed by atoms with Crippen LogP contribution in [0.15, 0.2) is 42.5 Å². The molecule has 1 atom stereocenters. The Hall–Kier alpha value is -1.34. The first kappa shape index (κ1) is 16.0. The van der Waals surface area contributed by atoms with Gasteiger partial charge in [-0.3, -0.25) is 0 Å². The lowest BCUT2D eigenvalue weighted by molar-refractivity contribution is 0.373. The summed E-state index contributed by atoms with van der Waals surface area (Å²) in [4.78, 5) is 0. The predicted octanol–water partition coefficient (Wildman–Crippen LogP) is 5.71. The fourth-order valence-corrected chi connectivity index (χ4v) is 3.15. The molecule has 1 heteroatoms. The molecule has 0 bridgehead atoms. The molecule has 0 fully saturated rings. The van der Waals surface area contributed by atoms with E-state index >= 15 is 0 Å². The minimum absolute atomic E-state index is 0.473. The highest BCUT2D eigenvalue weighted by Gasteiger charge is 2.17. The third-order valence-electron chi connectivity index (χ3n) is 4.56. The molecule has 0 heterocycles. The second kappa shape index (κ2) is 8.19. The van der Waals surface area contributed by atoms with Crippen molar-refractivity contribution in [2.75, 3.05) is 6.54 Å². The molecule has 114 valence electrons. The van der Waals surface area contributed by atoms with Crippen LogP contribution in [-0.2, 0) is 0 Å². The van der Waals surface area contributed by atoms with Crippen molar-refractivity contribution in [3.63, 3.8) is 0 Å². The molecule has 2 aromatic carbocycles. The van der Waals surface area contributed by atoms with Crippen molar-refractivity contribution in [1.82, 2.24) is 5.32 Å². The Morgan fingerprint density at radius 1 is 0.905 bits per heavy atom. The Morgan fingerprint density at radius 2 is 1.62 bits per heavy atom. The van der Waals surface area contributed by atoms with Gasteiger partial charge >= 0.3 is 0 Å². The summed E-state index contributed by atoms with van der Waals surface area (Å²) >= 11 is 0. The maximum atomic E-state index is 3.78. The summed E-state index contributed by atoms with van der Waals surface area (Å²) < 4.78 is 0. The van der Waals surface area contributed by atoms with Gasteiger partial charge in [-0.25, -0.2) is 0 Å². The Kier molecular flexibility index (Phi) is 6.25. The third-order valence-corrected chi connectivity index (χ3v) is 4.56. The SMILES string of the molecule is CCCNC(CC(CC)CC)c1cccc2ccccc12.